The fourth-order valence-electron chi connectivity index (χ4n) is 4.42. The Bertz CT molecular complexity index is 1120. The van der Waals surface area contributed by atoms with Gasteiger partial charge in [0.15, 0.2) is 17.1 Å². The molecule has 0 spiro atoms. The second kappa shape index (κ2) is 6.63. The predicted molar refractivity (Wildman–Crippen MR) is 108 cm³/mol. The molecule has 0 aliphatic carbocycles. The lowest BCUT2D eigenvalue weighted by molar-refractivity contribution is -0.179. The van der Waals surface area contributed by atoms with Crippen LogP contribution in [0.2, 0.25) is 0 Å². The highest BCUT2D eigenvalue weighted by Gasteiger charge is 2.60. The number of methoxy groups -OCH3 is 2. The van der Waals surface area contributed by atoms with Crippen molar-refractivity contribution in [3.05, 3.63) is 53.1 Å². The van der Waals surface area contributed by atoms with E-state index in [4.69, 9.17) is 23.7 Å². The van der Waals surface area contributed by atoms with Crippen molar-refractivity contribution in [3.8, 4) is 28.7 Å². The highest BCUT2D eigenvalue weighted by Crippen LogP contribution is 2.52. The summed E-state index contributed by atoms with van der Waals surface area (Å²) in [4.78, 5) is 13.6. The van der Waals surface area contributed by atoms with Crippen LogP contribution in [0, 0.1) is 0 Å². The molecule has 0 radical (unpaired) electrons. The maximum Gasteiger partial charge on any atom is 0.238 e. The molecule has 2 aromatic carbocycles. The molecule has 0 saturated heterocycles. The van der Waals surface area contributed by atoms with E-state index in [9.17, 15) is 15.0 Å². The SMILES string of the molecule is C=C(C)[C@@H]1Cc2c(ccc3c2O[C@H]2[C@H](O)Oc4cc(OC)c(OC)cc4[C@]2(O)C3=O)O1. The summed E-state index contributed by atoms with van der Waals surface area (Å²) >= 11 is 0. The molecule has 31 heavy (non-hydrogen) atoms. The van der Waals surface area contributed by atoms with E-state index in [0.717, 1.165) is 5.57 Å². The third kappa shape index (κ3) is 2.58. The molecule has 3 heterocycles. The van der Waals surface area contributed by atoms with E-state index < -0.39 is 23.8 Å². The number of carbonyl (C=O) groups is 1. The Morgan fingerprint density at radius 3 is 2.52 bits per heavy atom. The maximum atomic E-state index is 13.6. The normalized spacial score (nSPS) is 27.5. The zero-order valence-electron chi connectivity index (χ0n) is 17.3. The molecule has 8 nitrogen and oxygen atoms in total. The Kier molecular flexibility index (Phi) is 4.22. The van der Waals surface area contributed by atoms with Crippen LogP contribution in [0.25, 0.3) is 0 Å². The molecule has 2 aromatic rings. The van der Waals surface area contributed by atoms with E-state index in [-0.39, 0.29) is 28.7 Å². The van der Waals surface area contributed by atoms with Crippen molar-refractivity contribution in [2.24, 2.45) is 0 Å². The Balaban J connectivity index is 1.67. The van der Waals surface area contributed by atoms with E-state index in [1.54, 1.807) is 12.1 Å². The van der Waals surface area contributed by atoms with Crippen LogP contribution in [0.3, 0.4) is 0 Å². The zero-order chi connectivity index (χ0) is 22.1. The van der Waals surface area contributed by atoms with Crippen molar-refractivity contribution in [3.63, 3.8) is 0 Å². The van der Waals surface area contributed by atoms with E-state index in [1.807, 2.05) is 6.92 Å². The third-order valence-corrected chi connectivity index (χ3v) is 6.08. The average molecular weight is 426 g/mol. The molecule has 3 aliphatic heterocycles. The van der Waals surface area contributed by atoms with Gasteiger partial charge in [-0.2, -0.15) is 0 Å². The first kappa shape index (κ1) is 19.7. The van der Waals surface area contributed by atoms with E-state index >= 15 is 0 Å². The third-order valence-electron chi connectivity index (χ3n) is 6.08. The van der Waals surface area contributed by atoms with Gasteiger partial charge in [0, 0.05) is 23.6 Å². The summed E-state index contributed by atoms with van der Waals surface area (Å²) in [5.41, 5.74) is -0.294. The van der Waals surface area contributed by atoms with E-state index in [2.05, 4.69) is 6.58 Å². The molecule has 0 aromatic heterocycles. The lowest BCUT2D eigenvalue weighted by atomic mass is 9.76. The van der Waals surface area contributed by atoms with Gasteiger partial charge in [0.1, 0.15) is 23.4 Å². The van der Waals surface area contributed by atoms with Crippen LogP contribution in [0.15, 0.2) is 36.4 Å². The summed E-state index contributed by atoms with van der Waals surface area (Å²) in [7, 11) is 2.90. The smallest absolute Gasteiger partial charge is 0.238 e. The Morgan fingerprint density at radius 1 is 1.13 bits per heavy atom. The Hall–Kier alpha value is -3.23. The fraction of sp³-hybridized carbons (Fsp3) is 0.348. The van der Waals surface area contributed by atoms with Crippen LogP contribution in [0.5, 0.6) is 28.7 Å². The molecule has 5 rings (SSSR count). The zero-order valence-corrected chi connectivity index (χ0v) is 17.3. The first-order valence-electron chi connectivity index (χ1n) is 9.82. The lowest BCUT2D eigenvalue weighted by Crippen LogP contribution is -2.61. The molecule has 162 valence electrons. The molecule has 4 atom stereocenters. The Labute approximate surface area is 178 Å². The van der Waals surface area contributed by atoms with Crippen LogP contribution in [-0.4, -0.2) is 48.7 Å². The van der Waals surface area contributed by atoms with Crippen LogP contribution in [0.1, 0.15) is 28.4 Å². The van der Waals surface area contributed by atoms with Crippen LogP contribution in [0.4, 0.5) is 0 Å². The summed E-state index contributed by atoms with van der Waals surface area (Å²) in [6.45, 7) is 5.80. The van der Waals surface area contributed by atoms with Gasteiger partial charge >= 0.3 is 0 Å². The fourth-order valence-corrected chi connectivity index (χ4v) is 4.42. The molecular formula is C23H22O8. The van der Waals surface area contributed by atoms with Crippen LogP contribution in [-0.2, 0) is 12.0 Å². The minimum atomic E-state index is -2.18. The van der Waals surface area contributed by atoms with E-state index in [0.29, 0.717) is 29.2 Å². The van der Waals surface area contributed by atoms with Gasteiger partial charge in [-0.05, 0) is 30.7 Å². The highest BCUT2D eigenvalue weighted by atomic mass is 16.6. The van der Waals surface area contributed by atoms with Crippen molar-refractivity contribution in [2.75, 3.05) is 14.2 Å². The number of fused-ring (bicyclic) bond motifs is 6. The number of aliphatic hydroxyl groups excluding tert-OH is 1. The maximum absolute atomic E-state index is 13.6. The number of Topliss-reactive ketones (excluding diaryl/α,β-unsaturated/α-hetero) is 1. The van der Waals surface area contributed by atoms with Crippen molar-refractivity contribution < 1.29 is 38.7 Å². The predicted octanol–water partition coefficient (Wildman–Crippen LogP) is 2.13. The molecule has 0 unspecified atom stereocenters. The van der Waals surface area contributed by atoms with Crippen LogP contribution < -0.4 is 23.7 Å². The number of benzene rings is 2. The van der Waals surface area contributed by atoms with Gasteiger partial charge < -0.3 is 33.9 Å². The van der Waals surface area contributed by atoms with Gasteiger partial charge in [-0.15, -0.1) is 0 Å². The molecule has 3 aliphatic rings. The van der Waals surface area contributed by atoms with Crippen LogP contribution >= 0.6 is 0 Å². The number of hydrogen-bond donors (Lipinski definition) is 2. The number of aliphatic hydroxyl groups is 2. The van der Waals surface area contributed by atoms with Gasteiger partial charge in [0.05, 0.1) is 19.8 Å². The summed E-state index contributed by atoms with van der Waals surface area (Å²) in [6, 6.07) is 6.18. The molecule has 8 heteroatoms. The first-order valence-corrected chi connectivity index (χ1v) is 9.82. The van der Waals surface area contributed by atoms with Crippen molar-refractivity contribution in [1.82, 2.24) is 0 Å². The summed E-state index contributed by atoms with van der Waals surface area (Å²) in [5, 5.41) is 22.3. The number of rotatable bonds is 3. The average Bonchev–Trinajstić information content (AvgIpc) is 3.20. The van der Waals surface area contributed by atoms with Crippen molar-refractivity contribution in [2.45, 2.75) is 37.4 Å². The van der Waals surface area contributed by atoms with Gasteiger partial charge in [-0.1, -0.05) is 6.58 Å². The summed E-state index contributed by atoms with van der Waals surface area (Å²) < 4.78 is 28.1. The lowest BCUT2D eigenvalue weighted by Gasteiger charge is -2.45. The second-order valence-corrected chi connectivity index (χ2v) is 7.92. The van der Waals surface area contributed by atoms with Gasteiger partial charge in [-0.25, -0.2) is 0 Å². The molecule has 0 amide bonds. The second-order valence-electron chi connectivity index (χ2n) is 7.92. The molecular weight excluding hydrogens is 404 g/mol. The summed E-state index contributed by atoms with van der Waals surface area (Å²) in [5.74, 6) is 1.02. The van der Waals surface area contributed by atoms with E-state index in [1.165, 1.54) is 26.4 Å². The largest absolute Gasteiger partial charge is 0.493 e. The molecule has 0 fully saturated rings. The molecule has 0 saturated carbocycles. The molecule has 0 bridgehead atoms. The highest BCUT2D eigenvalue weighted by molar-refractivity contribution is 6.07. The van der Waals surface area contributed by atoms with Gasteiger partial charge in [0.25, 0.3) is 0 Å². The molecule has 2 N–H and O–H groups in total. The Morgan fingerprint density at radius 2 is 1.84 bits per heavy atom. The topological polar surface area (TPSA) is 104 Å². The number of ketones is 1. The minimum Gasteiger partial charge on any atom is -0.493 e. The number of ether oxygens (including phenoxy) is 5. The van der Waals surface area contributed by atoms with Gasteiger partial charge in [-0.3, -0.25) is 4.79 Å². The number of hydrogen-bond acceptors (Lipinski definition) is 8. The summed E-state index contributed by atoms with van der Waals surface area (Å²) in [6.07, 6.45) is -2.73. The van der Waals surface area contributed by atoms with Gasteiger partial charge in [0.2, 0.25) is 18.2 Å². The van der Waals surface area contributed by atoms with Crippen molar-refractivity contribution in [1.29, 1.82) is 0 Å². The first-order chi connectivity index (χ1) is 14.8. The quantitative estimate of drug-likeness (QED) is 0.720. The minimum absolute atomic E-state index is 0.108. The van der Waals surface area contributed by atoms with Crippen molar-refractivity contribution >= 4 is 5.78 Å². The monoisotopic (exact) mass is 426 g/mol. The number of carbonyl (C=O) groups excluding carboxylic acids is 1. The standard InChI is InChI=1S/C23H22O8/c1-10(2)15-7-12-14(29-15)6-5-11-19(12)31-21-22(25)30-16-9-18(28-4)17(27-3)8-13(16)23(21,26)20(11)24/h5-6,8-9,15,21-22,25-26H,1,7H2,2-4H3/t15-,21-,22+,23-/m0/s1.